The number of nitrogens with two attached hydrogens (primary N) is 1. The highest BCUT2D eigenvalue weighted by Crippen LogP contribution is 2.31. The molecule has 0 aliphatic heterocycles. The van der Waals surface area contributed by atoms with Crippen LogP contribution in [-0.4, -0.2) is 28.9 Å². The maximum atomic E-state index is 12.5. The van der Waals surface area contributed by atoms with Crippen LogP contribution in [0, 0.1) is 0 Å². The fourth-order valence-corrected chi connectivity index (χ4v) is 4.05. The van der Waals surface area contributed by atoms with Gasteiger partial charge in [-0.15, -0.1) is 11.3 Å². The van der Waals surface area contributed by atoms with E-state index in [0.29, 0.717) is 23.3 Å². The second-order valence-electron chi connectivity index (χ2n) is 5.07. The predicted molar refractivity (Wildman–Crippen MR) is 91.0 cm³/mol. The van der Waals surface area contributed by atoms with Gasteiger partial charge in [-0.25, -0.2) is 4.98 Å². The molecular formula is C13H15BrN4OS2. The third-order valence-corrected chi connectivity index (χ3v) is 5.68. The van der Waals surface area contributed by atoms with Crippen LogP contribution < -0.4 is 11.1 Å². The molecule has 21 heavy (non-hydrogen) atoms. The minimum Gasteiger partial charge on any atom is -0.382 e. The number of anilines is 2. The molecule has 3 N–H and O–H groups in total. The molecule has 1 aliphatic rings. The number of hydrogen-bond acceptors (Lipinski definition) is 6. The summed E-state index contributed by atoms with van der Waals surface area (Å²) in [5.41, 5.74) is 6.98. The van der Waals surface area contributed by atoms with Gasteiger partial charge in [0.15, 0.2) is 5.13 Å². The van der Waals surface area contributed by atoms with Crippen molar-refractivity contribution < 1.29 is 4.79 Å². The van der Waals surface area contributed by atoms with E-state index in [9.17, 15) is 4.79 Å². The molecule has 8 heteroatoms. The van der Waals surface area contributed by atoms with Crippen molar-refractivity contribution in [3.05, 3.63) is 25.7 Å². The number of hydrogen-bond donors (Lipinski definition) is 2. The summed E-state index contributed by atoms with van der Waals surface area (Å²) in [6.45, 7) is 0.559. The zero-order valence-corrected chi connectivity index (χ0v) is 14.6. The fraction of sp³-hybridized carbons (Fsp3) is 0.385. The lowest BCUT2D eigenvalue weighted by molar-refractivity contribution is 0.0791. The van der Waals surface area contributed by atoms with Gasteiger partial charge in [-0.1, -0.05) is 11.3 Å². The SMILES string of the molecule is CN(Cc1csc(Br)c1)C(=O)c1sc(NC2CC2)nc1N. The predicted octanol–water partition coefficient (Wildman–Crippen LogP) is 3.40. The number of rotatable bonds is 5. The van der Waals surface area contributed by atoms with Gasteiger partial charge in [0.1, 0.15) is 10.7 Å². The number of nitrogens with one attached hydrogen (secondary N) is 1. The molecule has 1 saturated carbocycles. The van der Waals surface area contributed by atoms with Crippen molar-refractivity contribution in [1.82, 2.24) is 9.88 Å². The molecule has 3 rings (SSSR count). The molecule has 1 amide bonds. The molecule has 0 aromatic carbocycles. The first-order valence-electron chi connectivity index (χ1n) is 6.54. The van der Waals surface area contributed by atoms with Gasteiger partial charge in [0.2, 0.25) is 0 Å². The van der Waals surface area contributed by atoms with Crippen molar-refractivity contribution in [2.24, 2.45) is 0 Å². The quantitative estimate of drug-likeness (QED) is 0.825. The molecule has 0 unspecified atom stereocenters. The lowest BCUT2D eigenvalue weighted by Gasteiger charge is -2.15. The minimum atomic E-state index is -0.0869. The summed E-state index contributed by atoms with van der Waals surface area (Å²) in [5, 5.41) is 6.05. The van der Waals surface area contributed by atoms with E-state index in [4.69, 9.17) is 5.73 Å². The minimum absolute atomic E-state index is 0.0869. The van der Waals surface area contributed by atoms with E-state index in [1.807, 2.05) is 11.4 Å². The van der Waals surface area contributed by atoms with Crippen molar-refractivity contribution in [2.45, 2.75) is 25.4 Å². The molecule has 2 aromatic rings. The summed E-state index contributed by atoms with van der Waals surface area (Å²) in [6, 6.07) is 2.52. The van der Waals surface area contributed by atoms with Gasteiger partial charge < -0.3 is 16.0 Å². The van der Waals surface area contributed by atoms with Crippen LogP contribution >= 0.6 is 38.6 Å². The molecule has 0 radical (unpaired) electrons. The Morgan fingerprint density at radius 1 is 1.62 bits per heavy atom. The van der Waals surface area contributed by atoms with Gasteiger partial charge >= 0.3 is 0 Å². The number of thiophene rings is 1. The molecule has 5 nitrogen and oxygen atoms in total. The van der Waals surface area contributed by atoms with Crippen LogP contribution in [0.25, 0.3) is 0 Å². The number of aromatic nitrogens is 1. The van der Waals surface area contributed by atoms with Crippen molar-refractivity contribution in [1.29, 1.82) is 0 Å². The fourth-order valence-electron chi connectivity index (χ4n) is 1.90. The van der Waals surface area contributed by atoms with Crippen molar-refractivity contribution in [3.8, 4) is 0 Å². The maximum Gasteiger partial charge on any atom is 0.267 e. The van der Waals surface area contributed by atoms with Gasteiger partial charge in [-0.3, -0.25) is 4.79 Å². The van der Waals surface area contributed by atoms with E-state index in [-0.39, 0.29) is 5.91 Å². The third kappa shape index (κ3) is 3.56. The zero-order valence-electron chi connectivity index (χ0n) is 11.4. The summed E-state index contributed by atoms with van der Waals surface area (Å²) >= 11 is 6.37. The lowest BCUT2D eigenvalue weighted by atomic mass is 10.3. The van der Waals surface area contributed by atoms with Gasteiger partial charge in [0.05, 0.1) is 3.79 Å². The van der Waals surface area contributed by atoms with E-state index in [1.54, 1.807) is 23.3 Å². The van der Waals surface area contributed by atoms with E-state index in [1.165, 1.54) is 11.3 Å². The summed E-state index contributed by atoms with van der Waals surface area (Å²) < 4.78 is 1.06. The van der Waals surface area contributed by atoms with E-state index in [0.717, 1.165) is 27.3 Å². The molecule has 0 atom stereocenters. The molecule has 112 valence electrons. The largest absolute Gasteiger partial charge is 0.382 e. The Hall–Kier alpha value is -1.12. The number of nitrogen functional groups attached to an aromatic ring is 1. The number of carbonyl (C=O) groups excluding carboxylic acids is 1. The first-order valence-corrected chi connectivity index (χ1v) is 9.03. The van der Waals surface area contributed by atoms with Crippen LogP contribution in [0.2, 0.25) is 0 Å². The number of nitrogens with zero attached hydrogens (tertiary/aromatic N) is 2. The van der Waals surface area contributed by atoms with Crippen molar-refractivity contribution in [3.63, 3.8) is 0 Å². The molecule has 2 heterocycles. The van der Waals surface area contributed by atoms with Crippen LogP contribution in [0.1, 0.15) is 28.1 Å². The molecule has 1 aliphatic carbocycles. The number of amides is 1. The third-order valence-electron chi connectivity index (χ3n) is 3.14. The lowest BCUT2D eigenvalue weighted by Crippen LogP contribution is -2.25. The topological polar surface area (TPSA) is 71.2 Å². The first kappa shape index (κ1) is 14.8. The second kappa shape index (κ2) is 5.94. The van der Waals surface area contributed by atoms with Gasteiger partial charge in [-0.2, -0.15) is 0 Å². The standard InChI is InChI=1S/C13H15BrN4OS2/c1-18(5-7-4-9(14)20-6-7)12(19)10-11(15)17-13(21-10)16-8-2-3-8/h4,6,8H,2-3,5,15H2,1H3,(H,16,17). The molecule has 2 aromatic heterocycles. The van der Waals surface area contributed by atoms with Crippen LogP contribution in [0.5, 0.6) is 0 Å². The highest BCUT2D eigenvalue weighted by Gasteiger charge is 2.25. The number of carbonyl (C=O) groups is 1. The first-order chi connectivity index (χ1) is 10.0. The summed E-state index contributed by atoms with van der Waals surface area (Å²) in [4.78, 5) is 18.9. The Morgan fingerprint density at radius 2 is 2.38 bits per heavy atom. The van der Waals surface area contributed by atoms with Gasteiger partial charge in [0.25, 0.3) is 5.91 Å². The molecular weight excluding hydrogens is 372 g/mol. The highest BCUT2D eigenvalue weighted by molar-refractivity contribution is 9.11. The van der Waals surface area contributed by atoms with Gasteiger partial charge in [-0.05, 0) is 45.8 Å². The average molecular weight is 387 g/mol. The van der Waals surface area contributed by atoms with Gasteiger partial charge in [0, 0.05) is 19.6 Å². The summed E-state index contributed by atoms with van der Waals surface area (Å²) in [7, 11) is 1.78. The monoisotopic (exact) mass is 386 g/mol. The van der Waals surface area contributed by atoms with Crippen LogP contribution in [0.4, 0.5) is 10.9 Å². The van der Waals surface area contributed by atoms with E-state index < -0.39 is 0 Å². The Morgan fingerprint density at radius 3 is 3.00 bits per heavy atom. The zero-order chi connectivity index (χ0) is 15.0. The maximum absolute atomic E-state index is 12.5. The highest BCUT2D eigenvalue weighted by atomic mass is 79.9. The van der Waals surface area contributed by atoms with Crippen LogP contribution in [0.15, 0.2) is 15.2 Å². The molecule has 0 bridgehead atoms. The normalized spacial score (nSPS) is 14.2. The molecule has 0 spiro atoms. The summed E-state index contributed by atoms with van der Waals surface area (Å²) in [6.07, 6.45) is 2.32. The Kier molecular flexibility index (Phi) is 4.19. The Bertz CT molecular complexity index is 665. The van der Waals surface area contributed by atoms with E-state index in [2.05, 4.69) is 26.2 Å². The smallest absolute Gasteiger partial charge is 0.267 e. The average Bonchev–Trinajstić information content (AvgIpc) is 3.04. The number of thiazole rings is 1. The van der Waals surface area contributed by atoms with Crippen LogP contribution in [0.3, 0.4) is 0 Å². The molecule has 0 saturated heterocycles. The van der Waals surface area contributed by atoms with Crippen molar-refractivity contribution in [2.75, 3.05) is 18.1 Å². The Labute approximate surface area is 139 Å². The van der Waals surface area contributed by atoms with E-state index >= 15 is 0 Å². The number of halogens is 1. The second-order valence-corrected chi connectivity index (χ2v) is 8.36. The van der Waals surface area contributed by atoms with Crippen molar-refractivity contribution >= 4 is 55.5 Å². The van der Waals surface area contributed by atoms with Crippen LogP contribution in [-0.2, 0) is 6.54 Å². The summed E-state index contributed by atoms with van der Waals surface area (Å²) in [5.74, 6) is 0.225. The molecule has 1 fully saturated rings. The Balaban J connectivity index is 1.69.